The average molecular weight is 943 g/mol. The van der Waals surface area contributed by atoms with Gasteiger partial charge in [-0.05, 0) is 70.6 Å². The molecule has 1 amide bonds. The molecule has 0 rings (SSSR count). The summed E-state index contributed by atoms with van der Waals surface area (Å²) < 4.78 is 0. The van der Waals surface area contributed by atoms with E-state index in [0.29, 0.717) is 12.8 Å². The third-order valence-electron chi connectivity index (χ3n) is 14.2. The Hall–Kier alpha value is -1.43. The van der Waals surface area contributed by atoms with Gasteiger partial charge in [-0.2, -0.15) is 0 Å². The molecule has 5 heteroatoms. The first-order chi connectivity index (χ1) is 33.1. The van der Waals surface area contributed by atoms with Crippen molar-refractivity contribution in [2.75, 3.05) is 6.61 Å². The molecule has 0 aromatic heterocycles. The van der Waals surface area contributed by atoms with Crippen LogP contribution < -0.4 is 5.32 Å². The highest BCUT2D eigenvalue weighted by atomic mass is 16.3. The number of rotatable bonds is 56. The Bertz CT molecular complexity index is 1040. The van der Waals surface area contributed by atoms with Crippen LogP contribution in [0.5, 0.6) is 0 Å². The molecule has 0 heterocycles. The lowest BCUT2D eigenvalue weighted by Gasteiger charge is -2.26. The average Bonchev–Trinajstić information content (AvgIpc) is 3.33. The fourth-order valence-electron chi connectivity index (χ4n) is 9.55. The van der Waals surface area contributed by atoms with Gasteiger partial charge in [0.05, 0.1) is 18.8 Å². The molecule has 0 aliphatic carbocycles. The minimum Gasteiger partial charge on any atom is -0.394 e. The Balaban J connectivity index is 3.52. The fourth-order valence-corrected chi connectivity index (χ4v) is 9.55. The van der Waals surface area contributed by atoms with Gasteiger partial charge in [-0.1, -0.05) is 288 Å². The van der Waals surface area contributed by atoms with Crippen LogP contribution in [-0.2, 0) is 4.79 Å². The van der Waals surface area contributed by atoms with E-state index in [-0.39, 0.29) is 12.5 Å². The zero-order valence-corrected chi connectivity index (χ0v) is 45.3. The van der Waals surface area contributed by atoms with Gasteiger partial charge in [-0.15, -0.1) is 0 Å². The summed E-state index contributed by atoms with van der Waals surface area (Å²) in [5.74, 6) is -0.149. The van der Waals surface area contributed by atoms with E-state index in [2.05, 4.69) is 55.6 Å². The van der Waals surface area contributed by atoms with E-state index in [9.17, 15) is 20.1 Å². The third kappa shape index (κ3) is 52.2. The first kappa shape index (κ1) is 65.6. The minimum absolute atomic E-state index is 0.149. The lowest BCUT2D eigenvalue weighted by molar-refractivity contribution is -0.124. The van der Waals surface area contributed by atoms with Crippen molar-refractivity contribution >= 4 is 5.91 Å². The van der Waals surface area contributed by atoms with E-state index in [1.54, 1.807) is 0 Å². The number of nitrogens with one attached hydrogen (secondary N) is 1. The van der Waals surface area contributed by atoms with Crippen molar-refractivity contribution in [2.45, 2.75) is 347 Å². The maximum absolute atomic E-state index is 12.5. The van der Waals surface area contributed by atoms with Crippen molar-refractivity contribution in [3.05, 3.63) is 36.5 Å². The van der Waals surface area contributed by atoms with Crippen LogP contribution in [-0.4, -0.2) is 46.1 Å². The predicted molar refractivity (Wildman–Crippen MR) is 296 cm³/mol. The molecule has 5 nitrogen and oxygen atoms in total. The number of hydrogen-bond acceptors (Lipinski definition) is 4. The van der Waals surface area contributed by atoms with Gasteiger partial charge in [0, 0.05) is 6.42 Å². The van der Waals surface area contributed by atoms with Gasteiger partial charge in [-0.25, -0.2) is 0 Å². The zero-order valence-electron chi connectivity index (χ0n) is 45.3. The maximum atomic E-state index is 12.5. The van der Waals surface area contributed by atoms with E-state index in [0.717, 1.165) is 44.9 Å². The molecule has 0 radical (unpaired) electrons. The maximum Gasteiger partial charge on any atom is 0.220 e. The van der Waals surface area contributed by atoms with Gasteiger partial charge >= 0.3 is 0 Å². The van der Waals surface area contributed by atoms with Gasteiger partial charge in [-0.3, -0.25) is 4.79 Å². The van der Waals surface area contributed by atoms with Gasteiger partial charge in [0.25, 0.3) is 0 Å². The summed E-state index contributed by atoms with van der Waals surface area (Å²) in [6, 6.07) is -0.826. The second-order valence-corrected chi connectivity index (χ2v) is 20.9. The molecular weight excluding hydrogens is 823 g/mol. The van der Waals surface area contributed by atoms with E-state index >= 15 is 0 Å². The first-order valence-corrected chi connectivity index (χ1v) is 30.3. The molecule has 0 saturated heterocycles. The van der Waals surface area contributed by atoms with Crippen molar-refractivity contribution in [2.24, 2.45) is 0 Å². The number of unbranched alkanes of at least 4 members (excludes halogenated alkanes) is 42. The molecular formula is C62H119NO4. The van der Waals surface area contributed by atoms with Gasteiger partial charge in [0.1, 0.15) is 6.10 Å². The topological polar surface area (TPSA) is 89.8 Å². The number of allylic oxidation sites excluding steroid dienone is 6. The van der Waals surface area contributed by atoms with Crippen molar-refractivity contribution in [1.29, 1.82) is 0 Å². The number of aliphatic hydroxyl groups excluding tert-OH is 3. The number of aliphatic hydroxyl groups is 3. The first-order valence-electron chi connectivity index (χ1n) is 30.3. The smallest absolute Gasteiger partial charge is 0.220 e. The number of hydrogen-bond donors (Lipinski definition) is 4. The predicted octanol–water partition coefficient (Wildman–Crippen LogP) is 19.0. The van der Waals surface area contributed by atoms with E-state index in [1.807, 2.05) is 0 Å². The van der Waals surface area contributed by atoms with Crippen molar-refractivity contribution < 1.29 is 20.1 Å². The number of carbonyl (C=O) groups is 1. The number of amides is 1. The van der Waals surface area contributed by atoms with Crippen LogP contribution in [0.1, 0.15) is 328 Å². The normalized spacial score (nSPS) is 13.4. The highest BCUT2D eigenvalue weighted by Crippen LogP contribution is 2.18. The highest BCUT2D eigenvalue weighted by molar-refractivity contribution is 5.76. The summed E-state index contributed by atoms with van der Waals surface area (Å²) in [7, 11) is 0. The highest BCUT2D eigenvalue weighted by Gasteiger charge is 2.26. The molecule has 0 spiro atoms. The van der Waals surface area contributed by atoms with Gasteiger partial charge < -0.3 is 20.6 Å². The molecule has 0 fully saturated rings. The minimum atomic E-state index is -1.16. The second-order valence-electron chi connectivity index (χ2n) is 20.9. The van der Waals surface area contributed by atoms with Crippen LogP contribution in [0.25, 0.3) is 0 Å². The molecule has 67 heavy (non-hydrogen) atoms. The Labute approximate surface area is 419 Å². The monoisotopic (exact) mass is 942 g/mol. The molecule has 0 aliphatic rings. The zero-order chi connectivity index (χ0) is 48.6. The largest absolute Gasteiger partial charge is 0.394 e. The molecule has 0 aromatic carbocycles. The summed E-state index contributed by atoms with van der Waals surface area (Å²) in [6.45, 7) is 4.20. The summed E-state index contributed by atoms with van der Waals surface area (Å²) in [5, 5.41) is 33.8. The van der Waals surface area contributed by atoms with Crippen molar-refractivity contribution in [3.63, 3.8) is 0 Å². The fraction of sp³-hybridized carbons (Fsp3) is 0.887. The molecule has 396 valence electrons. The SMILES string of the molecule is CCCCCCCCCCC/C=C\C/C=C\CCCCCCCCCCCCCCCCCCCC(=O)NC(CO)C(O)C(O)CCC/C=C/CCCCCCCCCCCCCCCCC. The molecule has 3 unspecified atom stereocenters. The summed E-state index contributed by atoms with van der Waals surface area (Å²) in [4.78, 5) is 12.5. The Morgan fingerprint density at radius 1 is 0.373 bits per heavy atom. The lowest BCUT2D eigenvalue weighted by Crippen LogP contribution is -2.50. The second kappa shape index (κ2) is 57.2. The van der Waals surface area contributed by atoms with Gasteiger partial charge in [0.2, 0.25) is 5.91 Å². The van der Waals surface area contributed by atoms with Crippen LogP contribution >= 0.6 is 0 Å². The number of carbonyl (C=O) groups excluding carboxylic acids is 1. The molecule has 0 aromatic rings. The molecule has 0 aliphatic heterocycles. The van der Waals surface area contributed by atoms with E-state index in [1.165, 1.54) is 257 Å². The summed E-state index contributed by atoms with van der Waals surface area (Å²) >= 11 is 0. The van der Waals surface area contributed by atoms with Crippen LogP contribution in [0.15, 0.2) is 36.5 Å². The summed E-state index contributed by atoms with van der Waals surface area (Å²) in [5.41, 5.74) is 0. The summed E-state index contributed by atoms with van der Waals surface area (Å²) in [6.07, 6.45) is 74.6. The van der Waals surface area contributed by atoms with Crippen molar-refractivity contribution in [1.82, 2.24) is 5.32 Å². The van der Waals surface area contributed by atoms with Crippen molar-refractivity contribution in [3.8, 4) is 0 Å². The van der Waals surface area contributed by atoms with Crippen LogP contribution in [0.3, 0.4) is 0 Å². The quantitative estimate of drug-likeness (QED) is 0.0361. The van der Waals surface area contributed by atoms with Crippen LogP contribution in [0.2, 0.25) is 0 Å². The lowest BCUT2D eigenvalue weighted by atomic mass is 10.0. The Kier molecular flexibility index (Phi) is 55.9. The van der Waals surface area contributed by atoms with Crippen LogP contribution in [0, 0.1) is 0 Å². The Morgan fingerprint density at radius 3 is 0.955 bits per heavy atom. The molecule has 3 atom stereocenters. The van der Waals surface area contributed by atoms with Gasteiger partial charge in [0.15, 0.2) is 0 Å². The standard InChI is InChI=1S/C62H119NO4/c1-3-5-7-9-11-13-15-17-19-21-23-25-26-27-28-29-30-31-32-33-34-35-36-37-39-41-43-45-47-49-51-53-55-57-61(66)63-59(58-64)62(67)60(65)56-54-52-50-48-46-44-42-40-38-24-22-20-18-16-14-12-10-8-6-4-2/h23,25,27-28,48,50,59-60,62,64-65,67H,3-22,24,26,29-47,49,51-58H2,1-2H3,(H,63,66)/b25-23-,28-27-,50-48+. The molecule has 0 saturated carbocycles. The van der Waals surface area contributed by atoms with Crippen LogP contribution in [0.4, 0.5) is 0 Å². The van der Waals surface area contributed by atoms with E-state index in [4.69, 9.17) is 0 Å². The van der Waals surface area contributed by atoms with E-state index < -0.39 is 18.2 Å². The third-order valence-corrected chi connectivity index (χ3v) is 14.2. The molecule has 0 bridgehead atoms. The Morgan fingerprint density at radius 2 is 0.642 bits per heavy atom. The molecule has 4 N–H and O–H groups in total.